The molecule has 0 aromatic heterocycles. The second-order valence-corrected chi connectivity index (χ2v) is 4.82. The molecule has 5 heteroatoms. The number of hydrogen-bond donors (Lipinski definition) is 3. The van der Waals surface area contributed by atoms with Crippen LogP contribution in [0.2, 0.25) is 0 Å². The number of rotatable bonds is 4. The standard InChI is InChI=1S/C12H26N4O/c1-10-4-3-5-11(7-6-10)15-12(16-13)14-8-9-17-2/h10-11H,3-9,13H2,1-2H3,(H2,14,15,16). The van der Waals surface area contributed by atoms with E-state index >= 15 is 0 Å². The molecule has 0 aliphatic heterocycles. The molecule has 1 fully saturated rings. The molecule has 0 radical (unpaired) electrons. The van der Waals surface area contributed by atoms with Crippen LogP contribution in [0.4, 0.5) is 0 Å². The first-order valence-electron chi connectivity index (χ1n) is 6.52. The quantitative estimate of drug-likeness (QED) is 0.172. The molecule has 1 saturated carbocycles. The Balaban J connectivity index is 2.36. The van der Waals surface area contributed by atoms with E-state index in [2.05, 4.69) is 22.7 Å². The Labute approximate surface area is 104 Å². The molecule has 1 aliphatic carbocycles. The van der Waals surface area contributed by atoms with Crippen LogP contribution in [-0.2, 0) is 4.74 Å². The average Bonchev–Trinajstić information content (AvgIpc) is 2.53. The highest BCUT2D eigenvalue weighted by Gasteiger charge is 2.16. The van der Waals surface area contributed by atoms with Crippen molar-refractivity contribution in [2.45, 2.75) is 45.1 Å². The summed E-state index contributed by atoms with van der Waals surface area (Å²) in [6.07, 6.45) is 6.31. The summed E-state index contributed by atoms with van der Waals surface area (Å²) < 4.78 is 4.96. The Morgan fingerprint density at radius 3 is 2.88 bits per heavy atom. The normalized spacial score (nSPS) is 26.4. The van der Waals surface area contributed by atoms with Gasteiger partial charge >= 0.3 is 0 Å². The van der Waals surface area contributed by atoms with E-state index in [1.54, 1.807) is 7.11 Å². The van der Waals surface area contributed by atoms with E-state index in [1.165, 1.54) is 32.1 Å². The fraction of sp³-hybridized carbons (Fsp3) is 0.917. The summed E-state index contributed by atoms with van der Waals surface area (Å²) in [5.41, 5.74) is 2.62. The van der Waals surface area contributed by atoms with Crippen molar-refractivity contribution in [3.63, 3.8) is 0 Å². The lowest BCUT2D eigenvalue weighted by atomic mass is 10.0. The lowest BCUT2D eigenvalue weighted by molar-refractivity contribution is 0.208. The first kappa shape index (κ1) is 14.3. The molecule has 17 heavy (non-hydrogen) atoms. The zero-order valence-electron chi connectivity index (χ0n) is 11.0. The maximum atomic E-state index is 5.45. The molecule has 1 rings (SSSR count). The van der Waals surface area contributed by atoms with Crippen LogP contribution in [0.3, 0.4) is 0 Å². The van der Waals surface area contributed by atoms with E-state index < -0.39 is 0 Å². The van der Waals surface area contributed by atoms with E-state index in [0.717, 1.165) is 5.92 Å². The van der Waals surface area contributed by atoms with E-state index in [9.17, 15) is 0 Å². The molecule has 4 N–H and O–H groups in total. The fourth-order valence-corrected chi connectivity index (χ4v) is 2.21. The average molecular weight is 242 g/mol. The van der Waals surface area contributed by atoms with E-state index in [-0.39, 0.29) is 0 Å². The summed E-state index contributed by atoms with van der Waals surface area (Å²) in [6.45, 7) is 3.58. The van der Waals surface area contributed by atoms with Gasteiger partial charge in [-0.25, -0.2) is 10.8 Å². The van der Waals surface area contributed by atoms with Crippen LogP contribution >= 0.6 is 0 Å². The predicted molar refractivity (Wildman–Crippen MR) is 70.7 cm³/mol. The van der Waals surface area contributed by atoms with Gasteiger partial charge in [-0.15, -0.1) is 0 Å². The Morgan fingerprint density at radius 1 is 1.35 bits per heavy atom. The first-order chi connectivity index (χ1) is 8.26. The molecule has 5 nitrogen and oxygen atoms in total. The Morgan fingerprint density at radius 2 is 2.18 bits per heavy atom. The highest BCUT2D eigenvalue weighted by molar-refractivity contribution is 5.79. The minimum absolute atomic E-state index is 0.497. The van der Waals surface area contributed by atoms with Crippen molar-refractivity contribution in [3.05, 3.63) is 0 Å². The SMILES string of the molecule is COCCN=C(NN)NC1CCCC(C)CC1. The van der Waals surface area contributed by atoms with Crippen LogP contribution in [0.15, 0.2) is 4.99 Å². The number of nitrogens with two attached hydrogens (primary N) is 1. The number of ether oxygens (including phenoxy) is 1. The second kappa shape index (κ2) is 8.31. The molecule has 0 aromatic carbocycles. The van der Waals surface area contributed by atoms with Gasteiger partial charge in [-0.05, 0) is 25.2 Å². The van der Waals surface area contributed by atoms with E-state index in [1.807, 2.05) is 0 Å². The van der Waals surface area contributed by atoms with Gasteiger partial charge < -0.3 is 10.1 Å². The molecule has 2 unspecified atom stereocenters. The van der Waals surface area contributed by atoms with Crippen molar-refractivity contribution in [1.82, 2.24) is 10.7 Å². The molecule has 0 bridgehead atoms. The van der Waals surface area contributed by atoms with Crippen LogP contribution in [0.5, 0.6) is 0 Å². The predicted octanol–water partition coefficient (Wildman–Crippen LogP) is 1.01. The van der Waals surface area contributed by atoms with E-state index in [4.69, 9.17) is 10.6 Å². The van der Waals surface area contributed by atoms with Gasteiger partial charge in [-0.2, -0.15) is 0 Å². The number of nitrogens with zero attached hydrogens (tertiary/aromatic N) is 1. The monoisotopic (exact) mass is 242 g/mol. The summed E-state index contributed by atoms with van der Waals surface area (Å²) in [7, 11) is 1.67. The van der Waals surface area contributed by atoms with Gasteiger partial charge in [0.05, 0.1) is 13.2 Å². The summed E-state index contributed by atoms with van der Waals surface area (Å²) in [5.74, 6) is 6.99. The molecule has 0 aromatic rings. The summed E-state index contributed by atoms with van der Waals surface area (Å²) >= 11 is 0. The van der Waals surface area contributed by atoms with Crippen LogP contribution in [-0.4, -0.2) is 32.3 Å². The topological polar surface area (TPSA) is 71.7 Å². The van der Waals surface area contributed by atoms with Gasteiger partial charge in [0.2, 0.25) is 5.96 Å². The zero-order chi connectivity index (χ0) is 12.5. The highest BCUT2D eigenvalue weighted by atomic mass is 16.5. The third-order valence-corrected chi connectivity index (χ3v) is 3.30. The van der Waals surface area contributed by atoms with Crippen LogP contribution in [0.1, 0.15) is 39.0 Å². The number of nitrogens with one attached hydrogen (secondary N) is 2. The number of guanidine groups is 1. The van der Waals surface area contributed by atoms with Gasteiger partial charge in [0.25, 0.3) is 0 Å². The number of hydrazine groups is 1. The second-order valence-electron chi connectivity index (χ2n) is 4.82. The van der Waals surface area contributed by atoms with Crippen molar-refractivity contribution in [2.24, 2.45) is 16.8 Å². The minimum Gasteiger partial charge on any atom is -0.383 e. The minimum atomic E-state index is 0.497. The molecule has 0 heterocycles. The van der Waals surface area contributed by atoms with Crippen LogP contribution < -0.4 is 16.6 Å². The van der Waals surface area contributed by atoms with Crippen molar-refractivity contribution in [3.8, 4) is 0 Å². The third-order valence-electron chi connectivity index (χ3n) is 3.30. The number of aliphatic imine (C=N–C) groups is 1. The van der Waals surface area contributed by atoms with E-state index in [0.29, 0.717) is 25.2 Å². The van der Waals surface area contributed by atoms with Crippen LogP contribution in [0, 0.1) is 5.92 Å². The van der Waals surface area contributed by atoms with Crippen molar-refractivity contribution < 1.29 is 4.74 Å². The Kier molecular flexibility index (Phi) is 6.96. The van der Waals surface area contributed by atoms with Crippen molar-refractivity contribution >= 4 is 5.96 Å². The molecular weight excluding hydrogens is 216 g/mol. The molecule has 1 aliphatic rings. The molecular formula is C12H26N4O. The van der Waals surface area contributed by atoms with Gasteiger partial charge in [0.15, 0.2) is 0 Å². The lowest BCUT2D eigenvalue weighted by Gasteiger charge is -2.18. The van der Waals surface area contributed by atoms with Gasteiger partial charge in [-0.1, -0.05) is 19.8 Å². The third kappa shape index (κ3) is 5.89. The van der Waals surface area contributed by atoms with Gasteiger partial charge in [-0.3, -0.25) is 5.43 Å². The summed E-state index contributed by atoms with van der Waals surface area (Å²) in [5, 5.41) is 3.38. The van der Waals surface area contributed by atoms with Gasteiger partial charge in [0.1, 0.15) is 0 Å². The van der Waals surface area contributed by atoms with Crippen molar-refractivity contribution in [2.75, 3.05) is 20.3 Å². The van der Waals surface area contributed by atoms with Gasteiger partial charge in [0, 0.05) is 13.2 Å². The Bertz CT molecular complexity index is 233. The lowest BCUT2D eigenvalue weighted by Crippen LogP contribution is -2.46. The van der Waals surface area contributed by atoms with Crippen LogP contribution in [0.25, 0.3) is 0 Å². The fourth-order valence-electron chi connectivity index (χ4n) is 2.21. The number of methoxy groups -OCH3 is 1. The molecule has 0 saturated heterocycles. The smallest absolute Gasteiger partial charge is 0.206 e. The molecule has 0 amide bonds. The maximum absolute atomic E-state index is 5.45. The molecule has 100 valence electrons. The van der Waals surface area contributed by atoms with Crippen molar-refractivity contribution in [1.29, 1.82) is 0 Å². The number of hydrogen-bond acceptors (Lipinski definition) is 3. The summed E-state index contributed by atoms with van der Waals surface area (Å²) in [4.78, 5) is 4.32. The molecule has 0 spiro atoms. The maximum Gasteiger partial charge on any atom is 0.206 e. The Hall–Kier alpha value is -0.810. The highest BCUT2D eigenvalue weighted by Crippen LogP contribution is 2.22. The first-order valence-corrected chi connectivity index (χ1v) is 6.52. The zero-order valence-corrected chi connectivity index (χ0v) is 11.0. The molecule has 2 atom stereocenters. The largest absolute Gasteiger partial charge is 0.383 e. The summed E-state index contributed by atoms with van der Waals surface area (Å²) in [6, 6.07) is 0.497.